The molecule has 94 valence electrons. The number of aromatic nitrogens is 1. The first-order chi connectivity index (χ1) is 8.70. The second kappa shape index (κ2) is 4.12. The Bertz CT molecular complexity index is 614. The third kappa shape index (κ3) is 1.78. The second-order valence-corrected chi connectivity index (χ2v) is 4.78. The lowest BCUT2D eigenvalue weighted by Crippen LogP contribution is -2.05. The number of benzene rings is 1. The topological polar surface area (TPSA) is 42.1 Å². The minimum absolute atomic E-state index is 0.334. The number of carbonyl (C=O) groups is 1. The molecule has 1 heterocycles. The maximum absolute atomic E-state index is 13.7. The Morgan fingerprint density at radius 1 is 1.50 bits per heavy atom. The Kier molecular flexibility index (Phi) is 2.58. The van der Waals surface area contributed by atoms with Gasteiger partial charge in [0.25, 0.3) is 0 Å². The van der Waals surface area contributed by atoms with Gasteiger partial charge >= 0.3 is 5.97 Å². The summed E-state index contributed by atoms with van der Waals surface area (Å²) < 4.78 is 18.5. The lowest BCUT2D eigenvalue weighted by molar-refractivity contribution is 0.0601. The molecule has 3 rings (SSSR count). The van der Waals surface area contributed by atoms with Gasteiger partial charge in [0, 0.05) is 11.1 Å². The predicted octanol–water partition coefficient (Wildman–Crippen LogP) is 3.05. The Hall–Kier alpha value is -1.84. The molecule has 1 aliphatic rings. The number of esters is 1. The Balaban J connectivity index is 2.19. The summed E-state index contributed by atoms with van der Waals surface area (Å²) in [5, 5.41) is 0.609. The minimum atomic E-state index is -0.400. The van der Waals surface area contributed by atoms with Crippen molar-refractivity contribution in [2.24, 2.45) is 5.92 Å². The molecule has 1 aromatic carbocycles. The molecule has 4 heteroatoms. The molecule has 0 atom stereocenters. The zero-order valence-corrected chi connectivity index (χ0v) is 10.1. The molecule has 1 aliphatic carbocycles. The second-order valence-electron chi connectivity index (χ2n) is 4.78. The average molecular weight is 247 g/mol. The molecule has 1 fully saturated rings. The van der Waals surface area contributed by atoms with Gasteiger partial charge in [-0.25, -0.2) is 9.18 Å². The fraction of sp³-hybridized carbons (Fsp3) is 0.357. The zero-order chi connectivity index (χ0) is 12.7. The average Bonchev–Trinajstić information content (AvgIpc) is 3.09. The molecular formula is C14H14FNO2. The molecule has 0 unspecified atom stereocenters. The van der Waals surface area contributed by atoms with Crippen molar-refractivity contribution in [1.82, 2.24) is 4.98 Å². The van der Waals surface area contributed by atoms with Crippen LogP contribution in [0.3, 0.4) is 0 Å². The van der Waals surface area contributed by atoms with Gasteiger partial charge in [0.15, 0.2) is 0 Å². The van der Waals surface area contributed by atoms with Crippen LogP contribution in [0.15, 0.2) is 18.2 Å². The smallest absolute Gasteiger partial charge is 0.340 e. The fourth-order valence-corrected chi connectivity index (χ4v) is 2.33. The van der Waals surface area contributed by atoms with Crippen molar-refractivity contribution in [3.05, 3.63) is 35.3 Å². The maximum Gasteiger partial charge on any atom is 0.340 e. The van der Waals surface area contributed by atoms with E-state index in [9.17, 15) is 9.18 Å². The van der Waals surface area contributed by atoms with Crippen LogP contribution in [0.4, 0.5) is 4.39 Å². The van der Waals surface area contributed by atoms with E-state index in [1.54, 1.807) is 12.1 Å². The summed E-state index contributed by atoms with van der Waals surface area (Å²) in [6, 6.07) is 4.75. The Labute approximate surface area is 104 Å². The van der Waals surface area contributed by atoms with Crippen molar-refractivity contribution < 1.29 is 13.9 Å². The summed E-state index contributed by atoms with van der Waals surface area (Å²) in [5.74, 6) is -0.119. The van der Waals surface area contributed by atoms with Crippen LogP contribution < -0.4 is 0 Å². The molecule has 18 heavy (non-hydrogen) atoms. The third-order valence-corrected chi connectivity index (χ3v) is 3.44. The highest BCUT2D eigenvalue weighted by Gasteiger charge is 2.27. The highest BCUT2D eigenvalue weighted by Crippen LogP contribution is 2.35. The molecular weight excluding hydrogens is 233 g/mol. The molecule has 2 aromatic rings. The molecule has 0 saturated heterocycles. The first-order valence-corrected chi connectivity index (χ1v) is 6.08. The number of H-pyrrole nitrogens is 1. The normalized spacial score (nSPS) is 15.0. The highest BCUT2D eigenvalue weighted by molar-refractivity contribution is 6.05. The lowest BCUT2D eigenvalue weighted by atomic mass is 10.1. The van der Waals surface area contributed by atoms with Crippen LogP contribution >= 0.6 is 0 Å². The van der Waals surface area contributed by atoms with E-state index in [4.69, 9.17) is 4.74 Å². The molecule has 3 nitrogen and oxygen atoms in total. The first kappa shape index (κ1) is 11.3. The number of aromatic amines is 1. The van der Waals surface area contributed by atoms with Gasteiger partial charge < -0.3 is 9.72 Å². The number of halogens is 1. The van der Waals surface area contributed by atoms with E-state index in [-0.39, 0.29) is 5.82 Å². The quantitative estimate of drug-likeness (QED) is 0.847. The maximum atomic E-state index is 13.7. The molecule has 1 saturated carbocycles. The standard InChI is InChI=1S/C14H14FNO2/c1-18-14(17)12-9-3-2-4-10(15)13(9)16-11(12)7-8-5-6-8/h2-4,8,16H,5-7H2,1H3. The summed E-state index contributed by atoms with van der Waals surface area (Å²) >= 11 is 0. The van der Waals surface area contributed by atoms with E-state index >= 15 is 0 Å². The fourth-order valence-electron chi connectivity index (χ4n) is 2.33. The van der Waals surface area contributed by atoms with Crippen LogP contribution in [0.1, 0.15) is 28.9 Å². The van der Waals surface area contributed by atoms with Crippen molar-refractivity contribution in [3.63, 3.8) is 0 Å². The number of hydrogen-bond acceptors (Lipinski definition) is 2. The minimum Gasteiger partial charge on any atom is -0.465 e. The van der Waals surface area contributed by atoms with E-state index in [2.05, 4.69) is 4.98 Å². The molecule has 0 bridgehead atoms. The lowest BCUT2D eigenvalue weighted by Gasteiger charge is -2.01. The highest BCUT2D eigenvalue weighted by atomic mass is 19.1. The van der Waals surface area contributed by atoms with Crippen molar-refractivity contribution in [1.29, 1.82) is 0 Å². The van der Waals surface area contributed by atoms with Gasteiger partial charge in [-0.3, -0.25) is 0 Å². The molecule has 0 aliphatic heterocycles. The van der Waals surface area contributed by atoms with Gasteiger partial charge in [-0.05, 0) is 31.2 Å². The van der Waals surface area contributed by atoms with Gasteiger partial charge in [0.2, 0.25) is 0 Å². The Morgan fingerprint density at radius 3 is 2.94 bits per heavy atom. The SMILES string of the molecule is COC(=O)c1c(CC2CC2)[nH]c2c(F)cccc12. The van der Waals surface area contributed by atoms with Crippen molar-refractivity contribution in [2.75, 3.05) is 7.11 Å². The van der Waals surface area contributed by atoms with Crippen molar-refractivity contribution in [3.8, 4) is 0 Å². The van der Waals surface area contributed by atoms with Crippen LogP contribution in [0.2, 0.25) is 0 Å². The molecule has 1 aromatic heterocycles. The van der Waals surface area contributed by atoms with Gasteiger partial charge in [-0.15, -0.1) is 0 Å². The summed E-state index contributed by atoms with van der Waals surface area (Å²) in [6.07, 6.45) is 3.15. The predicted molar refractivity (Wildman–Crippen MR) is 66.0 cm³/mol. The van der Waals surface area contributed by atoms with Gasteiger partial charge in [-0.2, -0.15) is 0 Å². The summed E-state index contributed by atoms with van der Waals surface area (Å²) in [5.41, 5.74) is 1.68. The summed E-state index contributed by atoms with van der Waals surface area (Å²) in [4.78, 5) is 14.9. The van der Waals surface area contributed by atoms with Crippen molar-refractivity contribution >= 4 is 16.9 Å². The molecule has 0 spiro atoms. The number of para-hydroxylation sites is 1. The van der Waals surface area contributed by atoms with Crippen molar-refractivity contribution in [2.45, 2.75) is 19.3 Å². The number of nitrogens with one attached hydrogen (secondary N) is 1. The van der Waals surface area contributed by atoms with E-state index < -0.39 is 5.97 Å². The number of fused-ring (bicyclic) bond motifs is 1. The monoisotopic (exact) mass is 247 g/mol. The number of hydrogen-bond donors (Lipinski definition) is 1. The van der Waals surface area contributed by atoms with Gasteiger partial charge in [-0.1, -0.05) is 12.1 Å². The summed E-state index contributed by atoms with van der Waals surface area (Å²) in [7, 11) is 1.35. The first-order valence-electron chi connectivity index (χ1n) is 6.08. The third-order valence-electron chi connectivity index (χ3n) is 3.44. The number of methoxy groups -OCH3 is 1. The number of rotatable bonds is 3. The van der Waals surface area contributed by atoms with Gasteiger partial charge in [0.1, 0.15) is 5.82 Å². The molecule has 1 N–H and O–H groups in total. The van der Waals surface area contributed by atoms with Crippen LogP contribution in [-0.2, 0) is 11.2 Å². The zero-order valence-electron chi connectivity index (χ0n) is 10.1. The van der Waals surface area contributed by atoms with E-state index in [0.29, 0.717) is 22.4 Å². The van der Waals surface area contributed by atoms with Gasteiger partial charge in [0.05, 0.1) is 18.2 Å². The van der Waals surface area contributed by atoms with Crippen LogP contribution in [-0.4, -0.2) is 18.1 Å². The van der Waals surface area contributed by atoms with E-state index in [1.165, 1.54) is 26.0 Å². The molecule has 0 amide bonds. The summed E-state index contributed by atoms with van der Waals surface area (Å²) in [6.45, 7) is 0. The largest absolute Gasteiger partial charge is 0.465 e. The number of ether oxygens (including phenoxy) is 1. The van der Waals surface area contributed by atoms with Crippen LogP contribution in [0.5, 0.6) is 0 Å². The Morgan fingerprint density at radius 2 is 2.28 bits per heavy atom. The van der Waals surface area contributed by atoms with E-state index in [0.717, 1.165) is 12.1 Å². The molecule has 0 radical (unpaired) electrons. The van der Waals surface area contributed by atoms with E-state index in [1.807, 2.05) is 0 Å². The number of carbonyl (C=O) groups excluding carboxylic acids is 1. The van der Waals surface area contributed by atoms with Crippen LogP contribution in [0.25, 0.3) is 10.9 Å². The van der Waals surface area contributed by atoms with Crippen LogP contribution in [0, 0.1) is 11.7 Å².